The van der Waals surface area contributed by atoms with Crippen LogP contribution < -0.4 is 5.32 Å². The quantitative estimate of drug-likeness (QED) is 0.624. The fourth-order valence-corrected chi connectivity index (χ4v) is 2.31. The molecule has 0 aliphatic carbocycles. The van der Waals surface area contributed by atoms with Gasteiger partial charge in [0.15, 0.2) is 0 Å². The van der Waals surface area contributed by atoms with Crippen LogP contribution >= 0.6 is 0 Å². The van der Waals surface area contributed by atoms with Gasteiger partial charge < -0.3 is 19.7 Å². The zero-order valence-corrected chi connectivity index (χ0v) is 15.3. The number of nitrogens with one attached hydrogen (secondary N) is 1. The summed E-state index contributed by atoms with van der Waals surface area (Å²) in [6, 6.07) is -0.704. The van der Waals surface area contributed by atoms with Crippen LogP contribution in [0, 0.1) is 5.92 Å². The van der Waals surface area contributed by atoms with Gasteiger partial charge >= 0.3 is 12.1 Å². The highest BCUT2D eigenvalue weighted by molar-refractivity contribution is 5.86. The third-order valence-electron chi connectivity index (χ3n) is 3.31. The van der Waals surface area contributed by atoms with Crippen LogP contribution in [0.4, 0.5) is 4.79 Å². The molecular formula is C17H28N2O5. The van der Waals surface area contributed by atoms with Gasteiger partial charge in [0.25, 0.3) is 0 Å². The molecule has 0 fully saturated rings. The minimum Gasteiger partial charge on any atom is -0.456 e. The first kappa shape index (κ1) is 20.0. The molecule has 0 spiro atoms. The Morgan fingerprint density at radius 1 is 1.25 bits per heavy atom. The summed E-state index contributed by atoms with van der Waals surface area (Å²) >= 11 is 0. The SMILES string of the molecule is CC(=O)OC1C=CCN(C(=O)[C@H](NC(=O)OC(C)(C)C)C(C)C)C1. The molecule has 136 valence electrons. The molecule has 0 saturated heterocycles. The van der Waals surface area contributed by atoms with Crippen molar-refractivity contribution in [1.82, 2.24) is 10.2 Å². The zero-order valence-electron chi connectivity index (χ0n) is 15.3. The molecule has 2 atom stereocenters. The molecule has 0 saturated carbocycles. The van der Waals surface area contributed by atoms with Crippen LogP contribution in [-0.2, 0) is 19.1 Å². The van der Waals surface area contributed by atoms with Crippen LogP contribution in [0.5, 0.6) is 0 Å². The van der Waals surface area contributed by atoms with Crippen molar-refractivity contribution in [2.75, 3.05) is 13.1 Å². The third kappa shape index (κ3) is 6.60. The summed E-state index contributed by atoms with van der Waals surface area (Å²) in [7, 11) is 0. The number of hydrogen-bond donors (Lipinski definition) is 1. The zero-order chi connectivity index (χ0) is 18.5. The van der Waals surface area contributed by atoms with E-state index in [1.165, 1.54) is 6.92 Å². The summed E-state index contributed by atoms with van der Waals surface area (Å²) in [5, 5.41) is 2.64. The average molecular weight is 340 g/mol. The van der Waals surface area contributed by atoms with E-state index in [4.69, 9.17) is 9.47 Å². The van der Waals surface area contributed by atoms with Gasteiger partial charge in [-0.2, -0.15) is 0 Å². The molecular weight excluding hydrogens is 312 g/mol. The second kappa shape index (κ2) is 8.17. The Labute approximate surface area is 143 Å². The van der Waals surface area contributed by atoms with Crippen molar-refractivity contribution in [3.63, 3.8) is 0 Å². The lowest BCUT2D eigenvalue weighted by Crippen LogP contribution is -2.54. The maximum atomic E-state index is 12.8. The lowest BCUT2D eigenvalue weighted by molar-refractivity contribution is -0.148. The van der Waals surface area contributed by atoms with Crippen molar-refractivity contribution < 1.29 is 23.9 Å². The van der Waals surface area contributed by atoms with Gasteiger partial charge in [-0.25, -0.2) is 4.79 Å². The summed E-state index contributed by atoms with van der Waals surface area (Å²) in [5.74, 6) is -0.730. The minimum atomic E-state index is -0.704. The first-order valence-corrected chi connectivity index (χ1v) is 8.12. The number of alkyl carbamates (subject to hydrolysis) is 1. The van der Waals surface area contributed by atoms with E-state index in [2.05, 4.69) is 5.32 Å². The van der Waals surface area contributed by atoms with Gasteiger partial charge in [-0.05, 0) is 32.8 Å². The topological polar surface area (TPSA) is 84.9 Å². The average Bonchev–Trinajstić information content (AvgIpc) is 2.41. The van der Waals surface area contributed by atoms with Crippen LogP contribution in [0.3, 0.4) is 0 Å². The van der Waals surface area contributed by atoms with E-state index in [1.807, 2.05) is 13.8 Å². The Balaban J connectivity index is 2.74. The van der Waals surface area contributed by atoms with E-state index in [9.17, 15) is 14.4 Å². The van der Waals surface area contributed by atoms with Crippen molar-refractivity contribution in [3.05, 3.63) is 12.2 Å². The Hall–Kier alpha value is -2.05. The van der Waals surface area contributed by atoms with Gasteiger partial charge in [0, 0.05) is 13.5 Å². The molecule has 1 rings (SSSR count). The number of rotatable bonds is 4. The summed E-state index contributed by atoms with van der Waals surface area (Å²) in [6.45, 7) is 11.0. The highest BCUT2D eigenvalue weighted by Crippen LogP contribution is 2.13. The van der Waals surface area contributed by atoms with Gasteiger partial charge in [0.05, 0.1) is 6.54 Å². The highest BCUT2D eigenvalue weighted by Gasteiger charge is 2.32. The van der Waals surface area contributed by atoms with E-state index in [1.54, 1.807) is 37.8 Å². The second-order valence-corrected chi connectivity index (χ2v) is 7.19. The molecule has 0 aromatic carbocycles. The van der Waals surface area contributed by atoms with Crippen LogP contribution in [0.1, 0.15) is 41.5 Å². The molecule has 24 heavy (non-hydrogen) atoms. The predicted molar refractivity (Wildman–Crippen MR) is 89.3 cm³/mol. The third-order valence-corrected chi connectivity index (χ3v) is 3.31. The number of carbonyl (C=O) groups is 3. The molecule has 2 amide bonds. The molecule has 1 aliphatic heterocycles. The van der Waals surface area contributed by atoms with E-state index < -0.39 is 29.8 Å². The minimum absolute atomic E-state index is 0.108. The predicted octanol–water partition coefficient (Wildman–Crippen LogP) is 1.87. The van der Waals surface area contributed by atoms with Crippen molar-refractivity contribution >= 4 is 18.0 Å². The summed E-state index contributed by atoms with van der Waals surface area (Å²) in [4.78, 5) is 37.4. The van der Waals surface area contributed by atoms with Crippen LogP contribution in [0.15, 0.2) is 12.2 Å². The summed E-state index contributed by atoms with van der Waals surface area (Å²) < 4.78 is 10.4. The van der Waals surface area contributed by atoms with Crippen LogP contribution in [-0.4, -0.2) is 53.7 Å². The Morgan fingerprint density at radius 2 is 1.88 bits per heavy atom. The standard InChI is InChI=1S/C17H28N2O5/c1-11(2)14(18-16(22)24-17(4,5)6)15(21)19-9-7-8-13(10-19)23-12(3)20/h7-8,11,13-14H,9-10H2,1-6H3,(H,18,22)/t13?,14-/m1/s1. The second-order valence-electron chi connectivity index (χ2n) is 7.19. The molecule has 1 N–H and O–H groups in total. The fraction of sp³-hybridized carbons (Fsp3) is 0.706. The normalized spacial score (nSPS) is 19.0. The van der Waals surface area contributed by atoms with Crippen molar-refractivity contribution in [2.24, 2.45) is 5.92 Å². The van der Waals surface area contributed by atoms with E-state index >= 15 is 0 Å². The Bertz CT molecular complexity index is 508. The first-order chi connectivity index (χ1) is 11.0. The summed E-state index contributed by atoms with van der Waals surface area (Å²) in [6.07, 6.45) is 2.45. The Kier molecular flexibility index (Phi) is 6.81. The molecule has 1 heterocycles. The number of amides is 2. The Morgan fingerprint density at radius 3 is 2.38 bits per heavy atom. The molecule has 1 unspecified atom stereocenters. The molecule has 0 aromatic rings. The van der Waals surface area contributed by atoms with E-state index in [0.29, 0.717) is 6.54 Å². The maximum Gasteiger partial charge on any atom is 0.408 e. The van der Waals surface area contributed by atoms with Gasteiger partial charge in [-0.1, -0.05) is 19.9 Å². The molecule has 0 bridgehead atoms. The van der Waals surface area contributed by atoms with E-state index in [0.717, 1.165) is 0 Å². The lowest BCUT2D eigenvalue weighted by Gasteiger charge is -2.33. The van der Waals surface area contributed by atoms with Gasteiger partial charge in [-0.3, -0.25) is 9.59 Å². The molecule has 1 aliphatic rings. The maximum absolute atomic E-state index is 12.8. The van der Waals surface area contributed by atoms with Gasteiger partial charge in [0.2, 0.25) is 5.91 Å². The number of nitrogens with zero attached hydrogens (tertiary/aromatic N) is 1. The molecule has 0 radical (unpaired) electrons. The molecule has 7 heteroatoms. The highest BCUT2D eigenvalue weighted by atomic mass is 16.6. The molecule has 0 aromatic heterocycles. The van der Waals surface area contributed by atoms with Gasteiger partial charge in [0.1, 0.15) is 17.7 Å². The number of esters is 1. The smallest absolute Gasteiger partial charge is 0.408 e. The monoisotopic (exact) mass is 340 g/mol. The van der Waals surface area contributed by atoms with Crippen molar-refractivity contribution in [3.8, 4) is 0 Å². The fourth-order valence-electron chi connectivity index (χ4n) is 2.31. The summed E-state index contributed by atoms with van der Waals surface area (Å²) in [5.41, 5.74) is -0.636. The van der Waals surface area contributed by atoms with Crippen molar-refractivity contribution in [2.45, 2.75) is 59.3 Å². The van der Waals surface area contributed by atoms with Gasteiger partial charge in [-0.15, -0.1) is 0 Å². The van der Waals surface area contributed by atoms with E-state index in [-0.39, 0.29) is 18.4 Å². The number of carbonyl (C=O) groups excluding carboxylic acids is 3. The number of ether oxygens (including phenoxy) is 2. The lowest BCUT2D eigenvalue weighted by atomic mass is 10.0. The molecule has 7 nitrogen and oxygen atoms in total. The van der Waals surface area contributed by atoms with Crippen LogP contribution in [0.25, 0.3) is 0 Å². The largest absolute Gasteiger partial charge is 0.456 e. The van der Waals surface area contributed by atoms with Crippen LogP contribution in [0.2, 0.25) is 0 Å². The number of hydrogen-bond acceptors (Lipinski definition) is 5. The first-order valence-electron chi connectivity index (χ1n) is 8.12. The van der Waals surface area contributed by atoms with Crippen molar-refractivity contribution in [1.29, 1.82) is 0 Å².